The van der Waals surface area contributed by atoms with Crippen molar-refractivity contribution >= 4 is 0 Å². The first-order chi connectivity index (χ1) is 22.7. The zero-order valence-corrected chi connectivity index (χ0v) is 27.5. The van der Waals surface area contributed by atoms with Crippen molar-refractivity contribution in [3.05, 3.63) is 139 Å². The minimum atomic E-state index is -0.354. The third kappa shape index (κ3) is 6.25. The first-order valence-electron chi connectivity index (χ1n) is 16.2. The van der Waals surface area contributed by atoms with Gasteiger partial charge in [-0.15, -0.1) is 0 Å². The van der Waals surface area contributed by atoms with Crippen LogP contribution in [-0.4, -0.2) is 32.4 Å². The number of hydrogen-bond acceptors (Lipinski definition) is 5. The average Bonchev–Trinajstić information content (AvgIpc) is 3.34. The second-order valence-electron chi connectivity index (χ2n) is 13.2. The number of rotatable bonds is 7. The summed E-state index contributed by atoms with van der Waals surface area (Å²) in [5, 5.41) is 0. The largest absolute Gasteiger partial charge is 0.343 e. The van der Waals surface area contributed by atoms with Crippen LogP contribution in [0.2, 0.25) is 0 Å². The zero-order valence-electron chi connectivity index (χ0n) is 27.5. The zero-order chi connectivity index (χ0) is 32.6. The van der Waals surface area contributed by atoms with E-state index < -0.39 is 0 Å². The van der Waals surface area contributed by atoms with Gasteiger partial charge in [0.25, 0.3) is 0 Å². The molecule has 0 amide bonds. The van der Waals surface area contributed by atoms with Crippen LogP contribution in [0.3, 0.4) is 0 Å². The molecular weight excluding hydrogens is 578 g/mol. The summed E-state index contributed by atoms with van der Waals surface area (Å²) in [5.74, 6) is 2.01. The monoisotopic (exact) mass is 617 g/mol. The molecule has 1 aliphatic heterocycles. The molecule has 0 aliphatic carbocycles. The van der Waals surface area contributed by atoms with Crippen molar-refractivity contribution in [1.82, 2.24) is 15.0 Å². The predicted molar refractivity (Wildman–Crippen MR) is 190 cm³/mol. The Labute approximate surface area is 277 Å². The lowest BCUT2D eigenvalue weighted by atomic mass is 9.90. The number of hydrogen-bond donors (Lipinski definition) is 0. The molecule has 0 N–H and O–H groups in total. The summed E-state index contributed by atoms with van der Waals surface area (Å²) in [6.45, 7) is 10.5. The second kappa shape index (κ2) is 12.3. The minimum absolute atomic E-state index is 0.0956. The maximum atomic E-state index is 6.33. The molecule has 234 valence electrons. The molecule has 1 fully saturated rings. The van der Waals surface area contributed by atoms with E-state index >= 15 is 0 Å². The van der Waals surface area contributed by atoms with Crippen molar-refractivity contribution in [2.45, 2.75) is 58.0 Å². The number of benzene rings is 5. The highest BCUT2D eigenvalue weighted by atomic mass is 16.7. The van der Waals surface area contributed by atoms with Crippen LogP contribution in [0.4, 0.5) is 0 Å². The summed E-state index contributed by atoms with van der Waals surface area (Å²) in [6.07, 6.45) is -0.291. The van der Waals surface area contributed by atoms with Gasteiger partial charge in [-0.2, -0.15) is 0 Å². The Hall–Kier alpha value is -4.97. The SMILES string of the molecule is CC(c1ccc(-c2cccc(-c3nc(-c4ccccc4)nc(-c4ccc(-c5ccccc5)cc4)n3)c2)cc1)C1OC(C)(C)C(C)(C)O1. The van der Waals surface area contributed by atoms with Gasteiger partial charge in [0.2, 0.25) is 0 Å². The third-order valence-electron chi connectivity index (χ3n) is 9.49. The molecule has 47 heavy (non-hydrogen) atoms. The van der Waals surface area contributed by atoms with Gasteiger partial charge in [0, 0.05) is 22.6 Å². The molecule has 1 atom stereocenters. The van der Waals surface area contributed by atoms with Crippen LogP contribution < -0.4 is 0 Å². The Bertz CT molecular complexity index is 1970. The Kier molecular flexibility index (Phi) is 8.04. The van der Waals surface area contributed by atoms with Crippen molar-refractivity contribution in [2.75, 3.05) is 0 Å². The van der Waals surface area contributed by atoms with E-state index in [-0.39, 0.29) is 23.4 Å². The highest BCUT2D eigenvalue weighted by Gasteiger charge is 2.50. The minimum Gasteiger partial charge on any atom is -0.343 e. The second-order valence-corrected chi connectivity index (χ2v) is 13.2. The predicted octanol–water partition coefficient (Wildman–Crippen LogP) is 10.2. The van der Waals surface area contributed by atoms with Gasteiger partial charge in [-0.1, -0.05) is 134 Å². The van der Waals surface area contributed by atoms with Gasteiger partial charge in [-0.3, -0.25) is 0 Å². The van der Waals surface area contributed by atoms with E-state index in [1.165, 1.54) is 11.1 Å². The molecule has 6 aromatic rings. The first kappa shape index (κ1) is 30.7. The topological polar surface area (TPSA) is 57.1 Å². The van der Waals surface area contributed by atoms with Gasteiger partial charge in [-0.25, -0.2) is 15.0 Å². The molecular formula is C42H39N3O2. The molecule has 5 aromatic carbocycles. The fourth-order valence-corrected chi connectivity index (χ4v) is 5.86. The van der Waals surface area contributed by atoms with Crippen LogP contribution >= 0.6 is 0 Å². The van der Waals surface area contributed by atoms with Crippen LogP contribution in [0.1, 0.15) is 46.1 Å². The highest BCUT2D eigenvalue weighted by molar-refractivity contribution is 5.73. The van der Waals surface area contributed by atoms with Crippen molar-refractivity contribution in [1.29, 1.82) is 0 Å². The van der Waals surface area contributed by atoms with Gasteiger partial charge < -0.3 is 9.47 Å². The maximum absolute atomic E-state index is 6.33. The smallest absolute Gasteiger partial charge is 0.165 e. The average molecular weight is 618 g/mol. The molecule has 5 nitrogen and oxygen atoms in total. The fourth-order valence-electron chi connectivity index (χ4n) is 5.86. The summed E-state index contributed by atoms with van der Waals surface area (Å²) in [7, 11) is 0. The molecule has 2 heterocycles. The van der Waals surface area contributed by atoms with Crippen molar-refractivity contribution in [3.63, 3.8) is 0 Å². The van der Waals surface area contributed by atoms with Gasteiger partial charge in [-0.05, 0) is 61.6 Å². The van der Waals surface area contributed by atoms with Gasteiger partial charge in [0.05, 0.1) is 11.2 Å². The Balaban J connectivity index is 1.20. The van der Waals surface area contributed by atoms with Crippen LogP contribution in [0.25, 0.3) is 56.4 Å². The van der Waals surface area contributed by atoms with E-state index in [9.17, 15) is 0 Å². The standard InChI is InChI=1S/C42H39N3O2/c1-28(40-46-41(2,3)42(4,5)47-40)29-19-21-32(22-20-29)35-17-12-18-36(27-35)39-44-37(33-15-10-7-11-16-33)43-38(45-39)34-25-23-31(24-26-34)30-13-8-6-9-14-30/h6-28,40H,1-5H3. The molecule has 1 aliphatic rings. The van der Waals surface area contributed by atoms with Crippen molar-refractivity contribution in [3.8, 4) is 56.4 Å². The van der Waals surface area contributed by atoms with Crippen molar-refractivity contribution in [2.24, 2.45) is 0 Å². The van der Waals surface area contributed by atoms with Crippen LogP contribution in [-0.2, 0) is 9.47 Å². The van der Waals surface area contributed by atoms with Crippen LogP contribution in [0.15, 0.2) is 133 Å². The van der Waals surface area contributed by atoms with E-state index in [1.807, 2.05) is 36.4 Å². The summed E-state index contributed by atoms with van der Waals surface area (Å²) < 4.78 is 12.7. The molecule has 0 radical (unpaired) electrons. The molecule has 0 saturated carbocycles. The highest BCUT2D eigenvalue weighted by Crippen LogP contribution is 2.43. The van der Waals surface area contributed by atoms with E-state index in [4.69, 9.17) is 24.4 Å². The third-order valence-corrected chi connectivity index (χ3v) is 9.49. The van der Waals surface area contributed by atoms with Crippen molar-refractivity contribution < 1.29 is 9.47 Å². The Morgan fingerprint density at radius 3 is 1.40 bits per heavy atom. The van der Waals surface area contributed by atoms with E-state index in [2.05, 4.69) is 132 Å². The first-order valence-corrected chi connectivity index (χ1v) is 16.2. The summed E-state index contributed by atoms with van der Waals surface area (Å²) >= 11 is 0. The van der Waals surface area contributed by atoms with Gasteiger partial charge in [0.15, 0.2) is 23.8 Å². The lowest BCUT2D eigenvalue weighted by Gasteiger charge is -2.30. The van der Waals surface area contributed by atoms with E-state index in [1.54, 1.807) is 0 Å². The van der Waals surface area contributed by atoms with Crippen LogP contribution in [0.5, 0.6) is 0 Å². The fraction of sp³-hybridized carbons (Fsp3) is 0.214. The van der Waals surface area contributed by atoms with Gasteiger partial charge >= 0.3 is 0 Å². The number of nitrogens with zero attached hydrogens (tertiary/aromatic N) is 3. The quantitative estimate of drug-likeness (QED) is 0.178. The lowest BCUT2D eigenvalue weighted by molar-refractivity contribution is -0.0993. The molecule has 1 unspecified atom stereocenters. The number of ether oxygens (including phenoxy) is 2. The van der Waals surface area contributed by atoms with Gasteiger partial charge in [0.1, 0.15) is 0 Å². The molecule has 5 heteroatoms. The van der Waals surface area contributed by atoms with E-state index in [0.717, 1.165) is 33.4 Å². The molecule has 7 rings (SSSR count). The molecule has 0 bridgehead atoms. The number of aromatic nitrogens is 3. The Morgan fingerprint density at radius 2 is 0.830 bits per heavy atom. The lowest BCUT2D eigenvalue weighted by Crippen LogP contribution is -2.41. The van der Waals surface area contributed by atoms with Crippen LogP contribution in [0, 0.1) is 0 Å². The summed E-state index contributed by atoms with van der Waals surface area (Å²) in [6, 6.07) is 45.9. The molecule has 1 aromatic heterocycles. The van der Waals surface area contributed by atoms with E-state index in [0.29, 0.717) is 17.5 Å². The molecule has 0 spiro atoms. The summed E-state index contributed by atoms with van der Waals surface area (Å²) in [5.41, 5.74) is 7.81. The maximum Gasteiger partial charge on any atom is 0.165 e. The summed E-state index contributed by atoms with van der Waals surface area (Å²) in [4.78, 5) is 14.9. The normalized spacial score (nSPS) is 16.2. The molecule has 1 saturated heterocycles. The Morgan fingerprint density at radius 1 is 0.447 bits per heavy atom.